The molecule has 0 aromatic heterocycles. The highest BCUT2D eigenvalue weighted by Crippen LogP contribution is 2.33. The van der Waals surface area contributed by atoms with Crippen molar-refractivity contribution in [3.63, 3.8) is 0 Å². The summed E-state index contributed by atoms with van der Waals surface area (Å²) in [6.45, 7) is 5.08. The van der Waals surface area contributed by atoms with E-state index in [1.165, 1.54) is 13.8 Å². The zero-order chi connectivity index (χ0) is 10.3. The minimum atomic E-state index is -4.30. The van der Waals surface area contributed by atoms with E-state index < -0.39 is 17.8 Å². The van der Waals surface area contributed by atoms with Crippen LogP contribution in [0.2, 0.25) is 0 Å². The molecule has 2 atom stereocenters. The van der Waals surface area contributed by atoms with Crippen molar-refractivity contribution in [2.45, 2.75) is 44.7 Å². The van der Waals surface area contributed by atoms with Gasteiger partial charge < -0.3 is 10.1 Å². The standard InChI is InChI=1S/C8H14F3NO/c1-5-4-12-7(2,3)6(13-5)8(9,10)11/h5-6,12H,4H2,1-3H3. The topological polar surface area (TPSA) is 21.3 Å². The summed E-state index contributed by atoms with van der Waals surface area (Å²) in [6, 6.07) is 0. The van der Waals surface area contributed by atoms with Crippen molar-refractivity contribution in [3.8, 4) is 0 Å². The van der Waals surface area contributed by atoms with Crippen molar-refractivity contribution >= 4 is 0 Å². The van der Waals surface area contributed by atoms with E-state index in [2.05, 4.69) is 5.32 Å². The molecule has 78 valence electrons. The zero-order valence-corrected chi connectivity index (χ0v) is 7.90. The lowest BCUT2D eigenvalue weighted by Gasteiger charge is -2.42. The fourth-order valence-corrected chi connectivity index (χ4v) is 1.44. The molecular weight excluding hydrogens is 183 g/mol. The van der Waals surface area contributed by atoms with Crippen molar-refractivity contribution in [2.75, 3.05) is 6.54 Å². The molecule has 1 aliphatic heterocycles. The SMILES string of the molecule is CC1CNC(C)(C)C(C(F)(F)F)O1. The van der Waals surface area contributed by atoms with Gasteiger partial charge in [0.05, 0.1) is 6.10 Å². The summed E-state index contributed by atoms with van der Waals surface area (Å²) < 4.78 is 42.2. The molecule has 0 aromatic rings. The third-order valence-electron chi connectivity index (χ3n) is 2.17. The largest absolute Gasteiger partial charge is 0.416 e. The lowest BCUT2D eigenvalue weighted by Crippen LogP contribution is -2.63. The number of ether oxygens (including phenoxy) is 1. The summed E-state index contributed by atoms with van der Waals surface area (Å²) in [4.78, 5) is 0. The quantitative estimate of drug-likeness (QED) is 0.638. The van der Waals surface area contributed by atoms with Gasteiger partial charge in [0.25, 0.3) is 0 Å². The number of morpholine rings is 1. The monoisotopic (exact) mass is 197 g/mol. The number of halogens is 3. The molecule has 0 bridgehead atoms. The fourth-order valence-electron chi connectivity index (χ4n) is 1.44. The molecule has 2 nitrogen and oxygen atoms in total. The van der Waals surface area contributed by atoms with E-state index in [-0.39, 0.29) is 6.10 Å². The third-order valence-corrected chi connectivity index (χ3v) is 2.17. The second kappa shape index (κ2) is 3.13. The first-order chi connectivity index (χ1) is 5.73. The van der Waals surface area contributed by atoms with Crippen LogP contribution in [-0.2, 0) is 4.74 Å². The van der Waals surface area contributed by atoms with Crippen LogP contribution in [0.5, 0.6) is 0 Å². The van der Waals surface area contributed by atoms with Gasteiger partial charge in [0.2, 0.25) is 0 Å². The van der Waals surface area contributed by atoms with Crippen molar-refractivity contribution < 1.29 is 17.9 Å². The van der Waals surface area contributed by atoms with Crippen molar-refractivity contribution in [1.82, 2.24) is 5.32 Å². The second-order valence-corrected chi connectivity index (χ2v) is 3.97. The van der Waals surface area contributed by atoms with Crippen LogP contribution >= 0.6 is 0 Å². The van der Waals surface area contributed by atoms with Gasteiger partial charge in [-0.25, -0.2) is 0 Å². The Bertz CT molecular complexity index is 190. The molecule has 0 aliphatic carbocycles. The Labute approximate surface area is 75.4 Å². The molecule has 1 N–H and O–H groups in total. The maximum Gasteiger partial charge on any atom is 0.416 e. The average Bonchev–Trinajstić information content (AvgIpc) is 1.92. The first-order valence-electron chi connectivity index (χ1n) is 4.20. The van der Waals surface area contributed by atoms with Crippen LogP contribution in [-0.4, -0.2) is 30.5 Å². The van der Waals surface area contributed by atoms with Gasteiger partial charge in [-0.15, -0.1) is 0 Å². The van der Waals surface area contributed by atoms with Crippen LogP contribution in [0.1, 0.15) is 20.8 Å². The van der Waals surface area contributed by atoms with E-state index in [0.717, 1.165) is 0 Å². The smallest absolute Gasteiger partial charge is 0.363 e. The number of hydrogen-bond donors (Lipinski definition) is 1. The molecule has 1 heterocycles. The molecule has 1 saturated heterocycles. The van der Waals surface area contributed by atoms with E-state index in [9.17, 15) is 13.2 Å². The summed E-state index contributed by atoms with van der Waals surface area (Å²) in [5.74, 6) is 0. The van der Waals surface area contributed by atoms with Crippen LogP contribution < -0.4 is 5.32 Å². The van der Waals surface area contributed by atoms with Gasteiger partial charge in [-0.3, -0.25) is 0 Å². The Morgan fingerprint density at radius 1 is 1.38 bits per heavy atom. The Hall–Kier alpha value is -0.290. The van der Waals surface area contributed by atoms with Crippen molar-refractivity contribution in [3.05, 3.63) is 0 Å². The molecule has 13 heavy (non-hydrogen) atoms. The summed E-state index contributed by atoms with van der Waals surface area (Å²) in [7, 11) is 0. The summed E-state index contributed by atoms with van der Waals surface area (Å²) >= 11 is 0. The normalized spacial score (nSPS) is 34.6. The zero-order valence-electron chi connectivity index (χ0n) is 7.90. The molecule has 1 rings (SSSR count). The van der Waals surface area contributed by atoms with E-state index in [1.807, 2.05) is 0 Å². The van der Waals surface area contributed by atoms with Crippen molar-refractivity contribution in [1.29, 1.82) is 0 Å². The molecule has 1 aliphatic rings. The van der Waals surface area contributed by atoms with Crippen LogP contribution in [0.3, 0.4) is 0 Å². The van der Waals surface area contributed by atoms with Crippen LogP contribution in [0, 0.1) is 0 Å². The summed E-state index contributed by atoms with van der Waals surface area (Å²) in [5.41, 5.74) is -1.04. The molecule has 0 spiro atoms. The van der Waals surface area contributed by atoms with Gasteiger partial charge in [-0.2, -0.15) is 13.2 Å². The molecular formula is C8H14F3NO. The molecule has 2 unspecified atom stereocenters. The molecule has 0 saturated carbocycles. The highest BCUT2D eigenvalue weighted by atomic mass is 19.4. The van der Waals surface area contributed by atoms with E-state index in [0.29, 0.717) is 6.54 Å². The molecule has 0 amide bonds. The first kappa shape index (κ1) is 10.8. The van der Waals surface area contributed by atoms with Gasteiger partial charge in [-0.05, 0) is 20.8 Å². The number of rotatable bonds is 0. The average molecular weight is 197 g/mol. The number of alkyl halides is 3. The third kappa shape index (κ3) is 2.34. The van der Waals surface area contributed by atoms with E-state index in [1.54, 1.807) is 6.92 Å². The predicted octanol–water partition coefficient (Wildman–Crippen LogP) is 1.70. The molecule has 5 heteroatoms. The van der Waals surface area contributed by atoms with Crippen molar-refractivity contribution in [2.24, 2.45) is 0 Å². The number of nitrogens with one attached hydrogen (secondary N) is 1. The van der Waals surface area contributed by atoms with Gasteiger partial charge in [0.15, 0.2) is 6.10 Å². The second-order valence-electron chi connectivity index (χ2n) is 3.97. The van der Waals surface area contributed by atoms with E-state index >= 15 is 0 Å². The summed E-state index contributed by atoms with van der Waals surface area (Å²) in [5, 5.41) is 2.82. The Kier molecular flexibility index (Phi) is 2.60. The molecule has 0 radical (unpaired) electrons. The highest BCUT2D eigenvalue weighted by molar-refractivity contribution is 4.95. The molecule has 1 fully saturated rings. The minimum Gasteiger partial charge on any atom is -0.363 e. The van der Waals surface area contributed by atoms with Gasteiger partial charge in [-0.1, -0.05) is 0 Å². The highest BCUT2D eigenvalue weighted by Gasteiger charge is 2.52. The predicted molar refractivity (Wildman–Crippen MR) is 42.5 cm³/mol. The molecule has 0 aromatic carbocycles. The lowest BCUT2D eigenvalue weighted by molar-refractivity contribution is -0.262. The number of hydrogen-bond acceptors (Lipinski definition) is 2. The minimum absolute atomic E-state index is 0.389. The van der Waals surface area contributed by atoms with Crippen LogP contribution in [0.15, 0.2) is 0 Å². The Morgan fingerprint density at radius 2 is 1.92 bits per heavy atom. The maximum absolute atomic E-state index is 12.4. The summed E-state index contributed by atoms with van der Waals surface area (Å²) in [6.07, 6.45) is -6.41. The van der Waals surface area contributed by atoms with Crippen LogP contribution in [0.4, 0.5) is 13.2 Å². The Balaban J connectivity index is 2.78. The fraction of sp³-hybridized carbons (Fsp3) is 1.00. The van der Waals surface area contributed by atoms with Gasteiger partial charge in [0, 0.05) is 12.1 Å². The van der Waals surface area contributed by atoms with E-state index in [4.69, 9.17) is 4.74 Å². The van der Waals surface area contributed by atoms with Gasteiger partial charge in [0.1, 0.15) is 0 Å². The Morgan fingerprint density at radius 3 is 2.31 bits per heavy atom. The first-order valence-corrected chi connectivity index (χ1v) is 4.20. The maximum atomic E-state index is 12.4. The van der Waals surface area contributed by atoms with Crippen LogP contribution in [0.25, 0.3) is 0 Å². The van der Waals surface area contributed by atoms with Gasteiger partial charge >= 0.3 is 6.18 Å². The lowest BCUT2D eigenvalue weighted by atomic mass is 9.94.